The maximum absolute atomic E-state index is 13.7. The SMILES string of the molecule is CCC1(O)C(=O)OCC2=C1CC1=C(C2=O)N2Cc3c(cccc3CC[Si](C)(C)CCC(=O)N(C)C)C=C2N1. The molecule has 4 aliphatic rings. The van der Waals surface area contributed by atoms with Gasteiger partial charge in [-0.05, 0) is 47.2 Å². The first-order chi connectivity index (χ1) is 17.9. The van der Waals surface area contributed by atoms with Gasteiger partial charge >= 0.3 is 5.97 Å². The molecule has 5 rings (SSSR count). The average molecular weight is 536 g/mol. The largest absolute Gasteiger partial charge is 0.458 e. The number of allylic oxidation sites excluding steroid dienone is 2. The molecule has 8 nitrogen and oxygen atoms in total. The lowest BCUT2D eigenvalue weighted by Crippen LogP contribution is -2.48. The van der Waals surface area contributed by atoms with Crippen LogP contribution in [-0.2, 0) is 32.1 Å². The van der Waals surface area contributed by atoms with Crippen molar-refractivity contribution in [3.63, 3.8) is 0 Å². The fraction of sp³-hybridized carbons (Fsp3) is 0.483. The van der Waals surface area contributed by atoms with Crippen LogP contribution in [0.3, 0.4) is 0 Å². The highest BCUT2D eigenvalue weighted by atomic mass is 28.3. The van der Waals surface area contributed by atoms with Gasteiger partial charge in [0.1, 0.15) is 18.1 Å². The second kappa shape index (κ2) is 9.54. The number of aryl methyl sites for hydroxylation is 1. The van der Waals surface area contributed by atoms with Gasteiger partial charge in [-0.1, -0.05) is 44.3 Å². The van der Waals surface area contributed by atoms with E-state index in [1.807, 2.05) is 19.0 Å². The number of rotatable bonds is 7. The van der Waals surface area contributed by atoms with Crippen LogP contribution in [-0.4, -0.2) is 66.9 Å². The quantitative estimate of drug-likeness (QED) is 0.408. The van der Waals surface area contributed by atoms with Crippen molar-refractivity contribution in [3.05, 3.63) is 63.3 Å². The number of ketones is 1. The van der Waals surface area contributed by atoms with E-state index >= 15 is 0 Å². The lowest BCUT2D eigenvalue weighted by molar-refractivity contribution is -0.163. The van der Waals surface area contributed by atoms with E-state index in [2.05, 4.69) is 42.7 Å². The number of amides is 1. The molecule has 0 saturated carbocycles. The number of fused-ring (bicyclic) bond motifs is 3. The molecule has 1 amide bonds. The molecule has 1 atom stereocenters. The monoisotopic (exact) mass is 535 g/mol. The topological polar surface area (TPSA) is 99.2 Å². The minimum absolute atomic E-state index is 0.100. The van der Waals surface area contributed by atoms with Crippen molar-refractivity contribution >= 4 is 31.8 Å². The summed E-state index contributed by atoms with van der Waals surface area (Å²) in [6.07, 6.45) is 4.10. The van der Waals surface area contributed by atoms with Crippen molar-refractivity contribution < 1.29 is 24.2 Å². The van der Waals surface area contributed by atoms with Gasteiger partial charge in [-0.2, -0.15) is 0 Å². The molecule has 9 heteroatoms. The molecule has 1 unspecified atom stereocenters. The lowest BCUT2D eigenvalue weighted by Gasteiger charge is -2.36. The molecule has 0 bridgehead atoms. The smallest absolute Gasteiger partial charge is 0.342 e. The van der Waals surface area contributed by atoms with Crippen molar-refractivity contribution in [2.75, 3.05) is 20.7 Å². The molecule has 0 spiro atoms. The molecule has 3 heterocycles. The average Bonchev–Trinajstić information content (AvgIpc) is 3.24. The third-order valence-corrected chi connectivity index (χ3v) is 11.7. The number of hydrogen-bond acceptors (Lipinski definition) is 7. The summed E-state index contributed by atoms with van der Waals surface area (Å²) in [6, 6.07) is 8.42. The van der Waals surface area contributed by atoms with Crippen LogP contribution in [0.5, 0.6) is 0 Å². The molecule has 3 aliphatic heterocycles. The standard InChI is InChI=1S/C29H37N3O5Si/c1-6-29(36)22-15-23-26(27(34)21(22)17-37-28(29)35)32-16-20-18(8-7-9-19(20)14-24(32)30-23)10-12-38(4,5)13-11-25(33)31(2)3/h7-9,14,30,36H,6,10-13,15-17H2,1-5H3. The van der Waals surface area contributed by atoms with Crippen molar-refractivity contribution in [2.45, 2.75) is 69.9 Å². The number of carbonyl (C=O) groups is 3. The summed E-state index contributed by atoms with van der Waals surface area (Å²) in [7, 11) is 2.04. The van der Waals surface area contributed by atoms with E-state index < -0.39 is 19.6 Å². The molecule has 1 aromatic rings. The number of benzene rings is 1. The highest BCUT2D eigenvalue weighted by Crippen LogP contribution is 2.44. The van der Waals surface area contributed by atoms with Gasteiger partial charge in [-0.25, -0.2) is 4.79 Å². The summed E-state index contributed by atoms with van der Waals surface area (Å²) in [6.45, 7) is 6.91. The van der Waals surface area contributed by atoms with Gasteiger partial charge in [0.25, 0.3) is 0 Å². The van der Waals surface area contributed by atoms with E-state index in [-0.39, 0.29) is 24.7 Å². The third-order valence-electron chi connectivity index (χ3n) is 8.53. The normalized spacial score (nSPS) is 22.3. The highest BCUT2D eigenvalue weighted by molar-refractivity contribution is 6.77. The Kier molecular flexibility index (Phi) is 6.63. The number of hydrogen-bond donors (Lipinski definition) is 2. The van der Waals surface area contributed by atoms with Crippen LogP contribution in [0, 0.1) is 0 Å². The second-order valence-electron chi connectivity index (χ2n) is 11.8. The zero-order valence-corrected chi connectivity index (χ0v) is 23.9. The van der Waals surface area contributed by atoms with Gasteiger partial charge < -0.3 is 25.0 Å². The Bertz CT molecular complexity index is 1330. The molecule has 38 heavy (non-hydrogen) atoms. The number of cyclic esters (lactones) is 1. The number of ether oxygens (including phenoxy) is 1. The molecular weight excluding hydrogens is 498 g/mol. The van der Waals surface area contributed by atoms with E-state index in [1.165, 1.54) is 11.1 Å². The number of Topliss-reactive ketones (excluding diaryl/α,β-unsaturated/α-hetero) is 1. The fourth-order valence-corrected chi connectivity index (χ4v) is 7.96. The zero-order valence-electron chi connectivity index (χ0n) is 22.9. The first-order valence-electron chi connectivity index (χ1n) is 13.4. The van der Waals surface area contributed by atoms with Gasteiger partial charge in [0.15, 0.2) is 5.60 Å². The first kappa shape index (κ1) is 26.4. The number of aliphatic hydroxyl groups is 1. The van der Waals surface area contributed by atoms with Crippen LogP contribution in [0.15, 0.2) is 46.6 Å². The molecule has 0 fully saturated rings. The number of nitrogens with zero attached hydrogens (tertiary/aromatic N) is 2. The second-order valence-corrected chi connectivity index (χ2v) is 17.1. The molecular formula is C29H37N3O5Si. The van der Waals surface area contributed by atoms with Gasteiger partial charge in [-0.3, -0.25) is 9.59 Å². The molecule has 0 aromatic heterocycles. The van der Waals surface area contributed by atoms with E-state index in [1.54, 1.807) is 11.8 Å². The van der Waals surface area contributed by atoms with Gasteiger partial charge in [0, 0.05) is 46.3 Å². The summed E-state index contributed by atoms with van der Waals surface area (Å²) in [5.41, 5.74) is 4.05. The summed E-state index contributed by atoms with van der Waals surface area (Å²) in [5.74, 6) is 0.167. The van der Waals surface area contributed by atoms with Crippen LogP contribution in [0.4, 0.5) is 0 Å². The van der Waals surface area contributed by atoms with Crippen LogP contribution >= 0.6 is 0 Å². The van der Waals surface area contributed by atoms with Gasteiger partial charge in [-0.15, -0.1) is 0 Å². The maximum Gasteiger partial charge on any atom is 0.342 e. The Morgan fingerprint density at radius 2 is 2.00 bits per heavy atom. The van der Waals surface area contributed by atoms with E-state index in [0.29, 0.717) is 36.2 Å². The van der Waals surface area contributed by atoms with Gasteiger partial charge in [0.2, 0.25) is 11.7 Å². The Morgan fingerprint density at radius 3 is 2.71 bits per heavy atom. The van der Waals surface area contributed by atoms with Crippen molar-refractivity contribution in [3.8, 4) is 0 Å². The number of nitrogens with one attached hydrogen (secondary N) is 1. The summed E-state index contributed by atoms with van der Waals surface area (Å²) in [4.78, 5) is 41.9. The predicted octanol–water partition coefficient (Wildman–Crippen LogP) is 3.31. The molecule has 1 aliphatic carbocycles. The van der Waals surface area contributed by atoms with Crippen LogP contribution < -0.4 is 5.32 Å². The maximum atomic E-state index is 13.7. The molecule has 1 aromatic carbocycles. The van der Waals surface area contributed by atoms with Crippen LogP contribution in [0.2, 0.25) is 25.2 Å². The van der Waals surface area contributed by atoms with E-state index in [4.69, 9.17) is 4.74 Å². The minimum atomic E-state index is -1.76. The first-order valence-corrected chi connectivity index (χ1v) is 16.8. The Morgan fingerprint density at radius 1 is 1.24 bits per heavy atom. The zero-order chi connectivity index (χ0) is 27.4. The minimum Gasteiger partial charge on any atom is -0.458 e. The van der Waals surface area contributed by atoms with Gasteiger partial charge in [0.05, 0.1) is 6.54 Å². The number of carbonyl (C=O) groups excluding carboxylic acids is 3. The molecule has 0 saturated heterocycles. The van der Waals surface area contributed by atoms with Crippen molar-refractivity contribution in [1.29, 1.82) is 0 Å². The summed E-state index contributed by atoms with van der Waals surface area (Å²) in [5, 5.41) is 14.5. The fourth-order valence-electron chi connectivity index (χ4n) is 5.87. The molecule has 202 valence electrons. The van der Waals surface area contributed by atoms with Crippen molar-refractivity contribution in [2.24, 2.45) is 0 Å². The van der Waals surface area contributed by atoms with E-state index in [9.17, 15) is 19.5 Å². The summed E-state index contributed by atoms with van der Waals surface area (Å²) >= 11 is 0. The van der Waals surface area contributed by atoms with E-state index in [0.717, 1.165) is 35.6 Å². The van der Waals surface area contributed by atoms with Crippen molar-refractivity contribution in [1.82, 2.24) is 15.1 Å². The predicted molar refractivity (Wildman–Crippen MR) is 147 cm³/mol. The van der Waals surface area contributed by atoms with Crippen LogP contribution in [0.1, 0.15) is 42.9 Å². The summed E-state index contributed by atoms with van der Waals surface area (Å²) < 4.78 is 5.23. The molecule has 2 N–H and O–H groups in total. The lowest BCUT2D eigenvalue weighted by atomic mass is 9.78. The number of esters is 1. The Labute approximate surface area is 225 Å². The molecule has 0 radical (unpaired) electrons. The third kappa shape index (κ3) is 4.41. The van der Waals surface area contributed by atoms with Crippen LogP contribution in [0.25, 0.3) is 6.08 Å². The highest BCUT2D eigenvalue weighted by Gasteiger charge is 2.51. The Hall–Kier alpha value is -3.17. The Balaban J connectivity index is 1.36.